The SMILES string of the molecule is CCn1c(=O)[nH]/c(=N\c2ccc(Oc3ccc(C(=O)O)cn3)c(F)c2)n(Cc2ccc(Cl)cc2)c1=O. The molecule has 2 heterocycles. The molecule has 0 amide bonds. The fraction of sp³-hybridized carbons (Fsp3) is 0.125. The molecule has 0 saturated carbocycles. The Bertz CT molecular complexity index is 1610. The minimum atomic E-state index is -1.15. The molecule has 2 N–H and O–H groups in total. The molecular formula is C24H19ClFN5O5. The van der Waals surface area contributed by atoms with Crippen LogP contribution in [0.25, 0.3) is 0 Å². The van der Waals surface area contributed by atoms with Crippen molar-refractivity contribution in [2.75, 3.05) is 0 Å². The van der Waals surface area contributed by atoms with Crippen molar-refractivity contribution < 1.29 is 19.0 Å². The zero-order chi connectivity index (χ0) is 25.8. The molecule has 36 heavy (non-hydrogen) atoms. The Kier molecular flexibility index (Phi) is 7.11. The lowest BCUT2D eigenvalue weighted by molar-refractivity contribution is 0.0696. The molecule has 0 bridgehead atoms. The van der Waals surface area contributed by atoms with Gasteiger partial charge in [0.1, 0.15) is 0 Å². The van der Waals surface area contributed by atoms with E-state index in [1.54, 1.807) is 31.2 Å². The summed E-state index contributed by atoms with van der Waals surface area (Å²) in [6.07, 6.45) is 1.09. The van der Waals surface area contributed by atoms with Gasteiger partial charge in [0.05, 0.1) is 17.8 Å². The van der Waals surface area contributed by atoms with Gasteiger partial charge in [-0.2, -0.15) is 0 Å². The van der Waals surface area contributed by atoms with Gasteiger partial charge in [-0.1, -0.05) is 23.7 Å². The van der Waals surface area contributed by atoms with Gasteiger partial charge in [-0.05, 0) is 42.8 Å². The summed E-state index contributed by atoms with van der Waals surface area (Å²) in [4.78, 5) is 47.0. The third-order valence-corrected chi connectivity index (χ3v) is 5.35. The summed E-state index contributed by atoms with van der Waals surface area (Å²) in [5.41, 5.74) is -0.477. The van der Waals surface area contributed by atoms with Crippen LogP contribution < -0.4 is 21.7 Å². The lowest BCUT2D eigenvalue weighted by Gasteiger charge is -2.10. The summed E-state index contributed by atoms with van der Waals surface area (Å²) in [6.45, 7) is 1.91. The summed E-state index contributed by atoms with van der Waals surface area (Å²) in [5.74, 6) is -2.11. The van der Waals surface area contributed by atoms with E-state index < -0.39 is 23.2 Å². The van der Waals surface area contributed by atoms with E-state index in [1.165, 1.54) is 28.8 Å². The highest BCUT2D eigenvalue weighted by Gasteiger charge is 2.11. The van der Waals surface area contributed by atoms with Crippen molar-refractivity contribution in [2.24, 2.45) is 4.99 Å². The first-order valence-corrected chi connectivity index (χ1v) is 11.0. The number of H-pyrrole nitrogens is 1. The fourth-order valence-corrected chi connectivity index (χ4v) is 3.41. The molecule has 2 aromatic heterocycles. The molecule has 2 aromatic carbocycles. The van der Waals surface area contributed by atoms with Crippen LogP contribution in [0.15, 0.2) is 75.4 Å². The second-order valence-electron chi connectivity index (χ2n) is 7.51. The molecule has 4 aromatic rings. The number of carboxylic acids is 1. The highest BCUT2D eigenvalue weighted by molar-refractivity contribution is 6.30. The maximum absolute atomic E-state index is 14.7. The van der Waals surface area contributed by atoms with Gasteiger partial charge in [0.25, 0.3) is 0 Å². The number of benzene rings is 2. The number of nitrogens with zero attached hydrogens (tertiary/aromatic N) is 4. The van der Waals surface area contributed by atoms with Gasteiger partial charge in [0, 0.05) is 29.9 Å². The standard InChI is InChI=1S/C24H19ClFN5O5/c1-2-30-23(34)29-22(31(24(30)35)13-14-3-6-16(25)7-4-14)28-17-8-9-19(18(26)11-17)36-20-10-5-15(12-27-20)21(32)33/h3-12H,2,13H2,1H3,(H,32,33)(H,28,29,34). The van der Waals surface area contributed by atoms with Crippen LogP contribution in [-0.2, 0) is 13.1 Å². The van der Waals surface area contributed by atoms with Crippen molar-refractivity contribution in [3.8, 4) is 11.6 Å². The van der Waals surface area contributed by atoms with Crippen LogP contribution in [0.1, 0.15) is 22.8 Å². The van der Waals surface area contributed by atoms with Gasteiger partial charge in [-0.3, -0.25) is 9.55 Å². The number of nitrogens with one attached hydrogen (secondary N) is 1. The van der Waals surface area contributed by atoms with Crippen LogP contribution in [0.2, 0.25) is 5.02 Å². The van der Waals surface area contributed by atoms with Crippen molar-refractivity contribution in [1.29, 1.82) is 0 Å². The largest absolute Gasteiger partial charge is 0.478 e. The van der Waals surface area contributed by atoms with Crippen molar-refractivity contribution in [3.05, 3.63) is 109 Å². The Balaban J connectivity index is 1.71. The summed E-state index contributed by atoms with van der Waals surface area (Å²) < 4.78 is 22.4. The number of halogens is 2. The van der Waals surface area contributed by atoms with Crippen LogP contribution >= 0.6 is 11.6 Å². The monoisotopic (exact) mass is 511 g/mol. The van der Waals surface area contributed by atoms with Crippen molar-refractivity contribution in [2.45, 2.75) is 20.0 Å². The predicted molar refractivity (Wildman–Crippen MR) is 128 cm³/mol. The third kappa shape index (κ3) is 5.41. The highest BCUT2D eigenvalue weighted by Crippen LogP contribution is 2.26. The molecule has 0 aliphatic carbocycles. The molecule has 0 fully saturated rings. The van der Waals surface area contributed by atoms with Crippen LogP contribution in [0.4, 0.5) is 10.1 Å². The lowest BCUT2D eigenvalue weighted by atomic mass is 10.2. The van der Waals surface area contributed by atoms with Gasteiger partial charge in [0.2, 0.25) is 11.5 Å². The van der Waals surface area contributed by atoms with E-state index in [2.05, 4.69) is 15.0 Å². The maximum atomic E-state index is 14.7. The molecule has 0 aliphatic heterocycles. The number of aromatic carboxylic acids is 1. The average Bonchev–Trinajstić information content (AvgIpc) is 2.85. The number of carbonyl (C=O) groups is 1. The van der Waals surface area contributed by atoms with E-state index >= 15 is 0 Å². The number of hydrogen-bond donors (Lipinski definition) is 2. The van der Waals surface area contributed by atoms with Gasteiger partial charge in [-0.25, -0.2) is 33.3 Å². The Labute approximate surface area is 207 Å². The quantitative estimate of drug-likeness (QED) is 0.391. The second kappa shape index (κ2) is 10.4. The smallest absolute Gasteiger partial charge is 0.337 e. The fourth-order valence-electron chi connectivity index (χ4n) is 3.28. The lowest BCUT2D eigenvalue weighted by Crippen LogP contribution is -2.49. The van der Waals surface area contributed by atoms with Crippen molar-refractivity contribution in [1.82, 2.24) is 19.1 Å². The summed E-state index contributed by atoms with van der Waals surface area (Å²) in [6, 6.07) is 13.2. The van der Waals surface area contributed by atoms with E-state index in [0.717, 1.165) is 22.4 Å². The molecule has 12 heteroatoms. The van der Waals surface area contributed by atoms with E-state index in [1.807, 2.05) is 0 Å². The number of aromatic nitrogens is 4. The van der Waals surface area contributed by atoms with Crippen LogP contribution in [-0.4, -0.2) is 30.2 Å². The Hall–Kier alpha value is -4.51. The number of aromatic amines is 1. The highest BCUT2D eigenvalue weighted by atomic mass is 35.5. The first-order valence-electron chi connectivity index (χ1n) is 10.6. The molecule has 184 valence electrons. The Morgan fingerprint density at radius 2 is 1.89 bits per heavy atom. The average molecular weight is 512 g/mol. The molecule has 4 rings (SSSR count). The topological polar surface area (TPSA) is 132 Å². The van der Waals surface area contributed by atoms with Crippen molar-refractivity contribution in [3.63, 3.8) is 0 Å². The normalized spacial score (nSPS) is 11.5. The molecule has 0 spiro atoms. The number of pyridine rings is 1. The zero-order valence-electron chi connectivity index (χ0n) is 18.8. The summed E-state index contributed by atoms with van der Waals surface area (Å²) in [7, 11) is 0. The summed E-state index contributed by atoms with van der Waals surface area (Å²) in [5, 5.41) is 9.47. The number of hydrogen-bond acceptors (Lipinski definition) is 6. The van der Waals surface area contributed by atoms with E-state index in [4.69, 9.17) is 21.4 Å². The molecule has 0 radical (unpaired) electrons. The maximum Gasteiger partial charge on any atom is 0.337 e. The number of rotatable bonds is 7. The Morgan fingerprint density at radius 1 is 1.14 bits per heavy atom. The predicted octanol–water partition coefficient (Wildman–Crippen LogP) is 3.32. The van der Waals surface area contributed by atoms with E-state index in [-0.39, 0.29) is 41.6 Å². The first-order chi connectivity index (χ1) is 17.2. The molecular weight excluding hydrogens is 493 g/mol. The Morgan fingerprint density at radius 3 is 2.50 bits per heavy atom. The minimum Gasteiger partial charge on any atom is -0.478 e. The van der Waals surface area contributed by atoms with Crippen LogP contribution in [0, 0.1) is 5.82 Å². The number of carboxylic acid groups (broad SMARTS) is 1. The van der Waals surface area contributed by atoms with E-state index in [0.29, 0.717) is 5.02 Å². The van der Waals surface area contributed by atoms with Crippen LogP contribution in [0.3, 0.4) is 0 Å². The van der Waals surface area contributed by atoms with Gasteiger partial charge >= 0.3 is 17.3 Å². The summed E-state index contributed by atoms with van der Waals surface area (Å²) >= 11 is 5.94. The number of ether oxygens (including phenoxy) is 1. The zero-order valence-corrected chi connectivity index (χ0v) is 19.6. The second-order valence-corrected chi connectivity index (χ2v) is 7.95. The first kappa shape index (κ1) is 24.6. The van der Waals surface area contributed by atoms with Crippen LogP contribution in [0.5, 0.6) is 11.6 Å². The van der Waals surface area contributed by atoms with Gasteiger partial charge in [-0.15, -0.1) is 0 Å². The van der Waals surface area contributed by atoms with Gasteiger partial charge < -0.3 is 9.84 Å². The molecule has 0 atom stereocenters. The van der Waals surface area contributed by atoms with Crippen molar-refractivity contribution >= 4 is 23.3 Å². The molecule has 0 aliphatic rings. The third-order valence-electron chi connectivity index (χ3n) is 5.10. The molecule has 10 nitrogen and oxygen atoms in total. The minimum absolute atomic E-state index is 0.00287. The molecule has 0 saturated heterocycles. The van der Waals surface area contributed by atoms with Gasteiger partial charge in [0.15, 0.2) is 11.6 Å². The molecule has 0 unspecified atom stereocenters. The van der Waals surface area contributed by atoms with E-state index in [9.17, 15) is 18.8 Å².